The molecule has 5 heteroatoms. The van der Waals surface area contributed by atoms with Gasteiger partial charge in [-0.3, -0.25) is 4.99 Å². The highest BCUT2D eigenvalue weighted by Gasteiger charge is 2.69. The first kappa shape index (κ1) is 30.2. The van der Waals surface area contributed by atoms with E-state index in [2.05, 4.69) is 136 Å². The van der Waals surface area contributed by atoms with Crippen LogP contribution in [0.3, 0.4) is 0 Å². The van der Waals surface area contributed by atoms with E-state index in [0.717, 1.165) is 45.2 Å². The highest BCUT2D eigenvalue weighted by Crippen LogP contribution is 2.64. The fourth-order valence-electron chi connectivity index (χ4n) is 9.30. The van der Waals surface area contributed by atoms with E-state index >= 15 is 0 Å². The summed E-state index contributed by atoms with van der Waals surface area (Å²) in [7, 11) is -1.63. The van der Waals surface area contributed by atoms with Crippen molar-refractivity contribution in [2.45, 2.75) is 63.3 Å². The number of hydrogen-bond acceptors (Lipinski definition) is 3. The molecule has 4 nitrogen and oxygen atoms in total. The van der Waals surface area contributed by atoms with Gasteiger partial charge in [0.05, 0.1) is 31.2 Å². The van der Waals surface area contributed by atoms with Crippen LogP contribution < -0.4 is 9.75 Å². The molecule has 1 fully saturated rings. The zero-order valence-corrected chi connectivity index (χ0v) is 30.0. The van der Waals surface area contributed by atoms with Gasteiger partial charge in [-0.25, -0.2) is 4.98 Å². The van der Waals surface area contributed by atoms with Gasteiger partial charge in [0.25, 0.3) is 0 Å². The number of hydrogen-bond donors (Lipinski definition) is 0. The third kappa shape index (κ3) is 4.18. The monoisotopic (exact) mass is 656 g/mol. The van der Waals surface area contributed by atoms with Crippen LogP contribution in [0.15, 0.2) is 126 Å². The number of furan rings is 1. The molecule has 1 aliphatic carbocycles. The molecule has 0 N–H and O–H groups in total. The molecule has 5 heterocycles. The number of nitrogens with zero attached hydrogens (tertiary/aromatic N) is 3. The minimum atomic E-state index is -1.63. The topological polar surface area (TPSA) is 42.3 Å². The van der Waals surface area contributed by atoms with Crippen LogP contribution in [0.2, 0.25) is 19.6 Å². The summed E-state index contributed by atoms with van der Waals surface area (Å²) in [5.74, 6) is 0.817. The molecule has 1 spiro atoms. The first-order valence-electron chi connectivity index (χ1n) is 17.6. The third-order valence-corrected chi connectivity index (χ3v) is 13.5. The van der Waals surface area contributed by atoms with Crippen LogP contribution >= 0.6 is 0 Å². The summed E-state index contributed by atoms with van der Waals surface area (Å²) in [4.78, 5) is 10.5. The Bertz CT molecular complexity index is 2400. The lowest BCUT2D eigenvalue weighted by atomic mass is 9.48. The maximum absolute atomic E-state index is 6.57. The van der Waals surface area contributed by atoms with Crippen LogP contribution in [-0.4, -0.2) is 24.3 Å². The minimum Gasteiger partial charge on any atom is -0.437 e. The number of pyridine rings is 2. The molecule has 4 atom stereocenters. The Hall–Kier alpha value is -4.87. The van der Waals surface area contributed by atoms with Gasteiger partial charge in [-0.1, -0.05) is 107 Å². The molecule has 3 aromatic carbocycles. The third-order valence-electron chi connectivity index (χ3n) is 11.5. The molecule has 0 radical (unpaired) electrons. The van der Waals surface area contributed by atoms with Gasteiger partial charge < -0.3 is 4.42 Å². The molecule has 2 aliphatic heterocycles. The van der Waals surface area contributed by atoms with Gasteiger partial charge in [0, 0.05) is 51.3 Å². The largest absolute Gasteiger partial charge is 0.437 e. The molecular formula is C44H42N3OSi+. The van der Waals surface area contributed by atoms with Crippen molar-refractivity contribution < 1.29 is 8.98 Å². The van der Waals surface area contributed by atoms with Gasteiger partial charge in [0.1, 0.15) is 5.58 Å². The summed E-state index contributed by atoms with van der Waals surface area (Å²) in [6, 6.07) is 28.9. The van der Waals surface area contributed by atoms with Gasteiger partial charge in [-0.2, -0.15) is 4.57 Å². The first-order chi connectivity index (χ1) is 23.6. The van der Waals surface area contributed by atoms with E-state index in [1.807, 2.05) is 18.3 Å². The van der Waals surface area contributed by atoms with E-state index in [9.17, 15) is 0 Å². The first-order valence-corrected chi connectivity index (χ1v) is 21.1. The number of benzene rings is 3. The Morgan fingerprint density at radius 2 is 1.71 bits per heavy atom. The molecular weight excluding hydrogens is 615 g/mol. The van der Waals surface area contributed by atoms with Crippen LogP contribution in [0.4, 0.5) is 0 Å². The second kappa shape index (κ2) is 10.6. The number of aromatic nitrogens is 2. The summed E-state index contributed by atoms with van der Waals surface area (Å²) < 4.78 is 9.18. The average Bonchev–Trinajstić information content (AvgIpc) is 3.48. The lowest BCUT2D eigenvalue weighted by Gasteiger charge is -2.58. The maximum atomic E-state index is 6.57. The van der Waals surface area contributed by atoms with Crippen LogP contribution in [0.25, 0.3) is 44.5 Å². The maximum Gasteiger partial charge on any atom is 0.227 e. The van der Waals surface area contributed by atoms with E-state index in [0.29, 0.717) is 11.6 Å². The van der Waals surface area contributed by atoms with Gasteiger partial charge in [0.15, 0.2) is 12.2 Å². The predicted molar refractivity (Wildman–Crippen MR) is 205 cm³/mol. The van der Waals surface area contributed by atoms with Gasteiger partial charge in [-0.05, 0) is 46.4 Å². The number of allylic oxidation sites excluding steroid dienone is 1. The lowest BCUT2D eigenvalue weighted by molar-refractivity contribution is -0.738. The van der Waals surface area contributed by atoms with Crippen LogP contribution in [-0.2, 0) is 6.42 Å². The van der Waals surface area contributed by atoms with Gasteiger partial charge >= 0.3 is 0 Å². The van der Waals surface area contributed by atoms with Crippen molar-refractivity contribution in [1.29, 1.82) is 0 Å². The Morgan fingerprint density at radius 1 is 0.939 bits per heavy atom. The van der Waals surface area contributed by atoms with Crippen molar-refractivity contribution in [1.82, 2.24) is 4.98 Å². The van der Waals surface area contributed by atoms with E-state index in [4.69, 9.17) is 14.4 Å². The van der Waals surface area contributed by atoms with Crippen molar-refractivity contribution in [3.05, 3.63) is 139 Å². The van der Waals surface area contributed by atoms with E-state index in [1.54, 1.807) is 5.19 Å². The summed E-state index contributed by atoms with van der Waals surface area (Å²) in [6.45, 7) is 20.8. The SMILES string of the molecule is C=CC1=NC2(Cc3ccc4c(oc5ncc(-c6ccccc6)cc54)c31)C(C=C)C1C2c2ccccc2-c2cc(C(C)C)c([Si](C)(C)C)c[n+]21. The zero-order chi connectivity index (χ0) is 33.8. The number of fused-ring (bicyclic) bond motifs is 12. The number of rotatable bonds is 5. The minimum absolute atomic E-state index is 0.151. The highest BCUT2D eigenvalue weighted by molar-refractivity contribution is 6.89. The molecule has 9 rings (SSSR count). The Morgan fingerprint density at radius 3 is 2.45 bits per heavy atom. The van der Waals surface area contributed by atoms with E-state index in [1.165, 1.54) is 27.9 Å². The molecule has 3 aromatic heterocycles. The van der Waals surface area contributed by atoms with Crippen molar-refractivity contribution >= 4 is 41.0 Å². The standard InChI is InChI=1S/C44H42N3OSi/c1-8-35-41-40(31-18-14-13-17-30(31)37-22-33(26(3)4)38(25-47(37)41)49(5,6)7)44(35)23-28-19-20-32-34-21-29(27-15-11-10-12-16-27)24-45-43(34)48-42(32)39(28)36(9-2)46-44/h8-22,24-26,35,40-41H,1-2,23H2,3-7H3/q+1. The molecule has 4 unspecified atom stereocenters. The Kier molecular flexibility index (Phi) is 6.51. The van der Waals surface area contributed by atoms with Crippen LogP contribution in [0.1, 0.15) is 54.0 Å². The van der Waals surface area contributed by atoms with Crippen molar-refractivity contribution in [2.24, 2.45) is 10.9 Å². The highest BCUT2D eigenvalue weighted by atomic mass is 28.3. The van der Waals surface area contributed by atoms with Gasteiger partial charge in [-0.15, -0.1) is 6.58 Å². The Labute approximate surface area is 289 Å². The fraction of sp³-hybridized carbons (Fsp3) is 0.250. The van der Waals surface area contributed by atoms with Crippen LogP contribution in [0.5, 0.6) is 0 Å². The normalized spacial score (nSPS) is 22.2. The smallest absolute Gasteiger partial charge is 0.227 e. The molecule has 242 valence electrons. The molecule has 0 saturated heterocycles. The predicted octanol–water partition coefficient (Wildman–Crippen LogP) is 9.70. The van der Waals surface area contributed by atoms with Crippen LogP contribution in [0, 0.1) is 5.92 Å². The van der Waals surface area contributed by atoms with E-state index < -0.39 is 8.07 Å². The molecule has 1 saturated carbocycles. The molecule has 49 heavy (non-hydrogen) atoms. The van der Waals surface area contributed by atoms with Gasteiger partial charge in [0.2, 0.25) is 11.4 Å². The summed E-state index contributed by atoms with van der Waals surface area (Å²) in [5.41, 5.74) is 12.0. The molecule has 3 aliphatic rings. The summed E-state index contributed by atoms with van der Waals surface area (Å²) in [5, 5.41) is 3.63. The molecule has 0 amide bonds. The Balaban J connectivity index is 1.22. The van der Waals surface area contributed by atoms with E-state index in [-0.39, 0.29) is 23.4 Å². The average molecular weight is 657 g/mol. The molecule has 6 aromatic rings. The summed E-state index contributed by atoms with van der Waals surface area (Å²) in [6.07, 6.45) is 9.35. The second-order valence-corrected chi connectivity index (χ2v) is 20.6. The fourth-order valence-corrected chi connectivity index (χ4v) is 11.0. The lowest BCUT2D eigenvalue weighted by Crippen LogP contribution is -2.71. The summed E-state index contributed by atoms with van der Waals surface area (Å²) >= 11 is 0. The quantitative estimate of drug-likeness (QED) is 0.105. The van der Waals surface area contributed by atoms with Crippen molar-refractivity contribution in [3.8, 4) is 22.4 Å². The number of aliphatic imine (C=N–C) groups is 1. The molecule has 0 bridgehead atoms. The van der Waals surface area contributed by atoms with Crippen molar-refractivity contribution in [3.63, 3.8) is 0 Å². The van der Waals surface area contributed by atoms with Crippen molar-refractivity contribution in [2.75, 3.05) is 0 Å². The zero-order valence-electron chi connectivity index (χ0n) is 29.0. The second-order valence-electron chi connectivity index (χ2n) is 15.5.